The van der Waals surface area contributed by atoms with E-state index in [2.05, 4.69) is 44.2 Å². The van der Waals surface area contributed by atoms with Crippen molar-refractivity contribution >= 4 is 11.4 Å². The monoisotopic (exact) mass is 693 g/mol. The zero-order chi connectivity index (χ0) is 22.3. The fourth-order valence-electron chi connectivity index (χ4n) is 4.53. The molecule has 0 amide bonds. The van der Waals surface area contributed by atoms with Gasteiger partial charge in [0.2, 0.25) is 0 Å². The molecular weight excluding hydrogens is 653 g/mol. The van der Waals surface area contributed by atoms with Crippen LogP contribution in [0.5, 0.6) is 0 Å². The molecule has 1 N–H and O–H groups in total. The van der Waals surface area contributed by atoms with Crippen molar-refractivity contribution in [1.29, 1.82) is 0 Å². The second-order valence-electron chi connectivity index (χ2n) is 7.96. The molecule has 0 atom stereocenters. The van der Waals surface area contributed by atoms with E-state index in [4.69, 9.17) is 0 Å². The van der Waals surface area contributed by atoms with Gasteiger partial charge in [0, 0.05) is 65.6 Å². The third kappa shape index (κ3) is 7.71. The number of aliphatic hydroxyl groups excluding tert-OH is 1. The molecule has 0 bridgehead atoms. The van der Waals surface area contributed by atoms with Gasteiger partial charge in [-0.25, -0.2) is 0 Å². The zero-order valence-corrected chi connectivity index (χ0v) is 27.3. The summed E-state index contributed by atoms with van der Waals surface area (Å²) < 4.78 is 0. The van der Waals surface area contributed by atoms with Crippen molar-refractivity contribution in [1.82, 2.24) is 0 Å². The minimum Gasteiger partial charge on any atom is -0.519 e. The molecular formula is C29H40O2WY-2. The summed E-state index contributed by atoms with van der Waals surface area (Å²) in [7, 11) is 0. The van der Waals surface area contributed by atoms with Crippen LogP contribution >= 0.6 is 0 Å². The standard InChI is InChI=1S/C24H25O2.2C2H6.CH3.W.Y/c1-16-6-9-18(10-7-16)20-14-19(11-8-17(20)2)22-21(25)15-24(23(22)26)12-4-3-5-13-24;2*1-2;;;/h6-11,26H,3-5,12-13,15H2,1-2H3;2*1-2H3;1H3;;/q-1;;;-1;;. The topological polar surface area (TPSA) is 37.3 Å². The summed E-state index contributed by atoms with van der Waals surface area (Å²) in [5, 5.41) is 11.0. The first kappa shape index (κ1) is 34.6. The fraction of sp³-hybridized carbons (Fsp3) is 0.448. The van der Waals surface area contributed by atoms with E-state index in [0.29, 0.717) is 17.8 Å². The van der Waals surface area contributed by atoms with Crippen LogP contribution in [0.2, 0.25) is 0 Å². The number of carbonyl (C=O) groups excluding carboxylic acids is 1. The van der Waals surface area contributed by atoms with Crippen molar-refractivity contribution in [3.8, 4) is 11.1 Å². The van der Waals surface area contributed by atoms with Gasteiger partial charge in [0.05, 0.1) is 5.76 Å². The van der Waals surface area contributed by atoms with Gasteiger partial charge < -0.3 is 17.3 Å². The normalized spacial score (nSPS) is 15.6. The van der Waals surface area contributed by atoms with Crippen molar-refractivity contribution in [2.75, 3.05) is 0 Å². The van der Waals surface area contributed by atoms with Gasteiger partial charge in [-0.15, -0.1) is 34.9 Å². The maximum atomic E-state index is 12.8. The minimum atomic E-state index is -0.312. The van der Waals surface area contributed by atoms with Gasteiger partial charge in [-0.3, -0.25) is 0 Å². The van der Waals surface area contributed by atoms with Gasteiger partial charge in [0.15, 0.2) is 0 Å². The van der Waals surface area contributed by atoms with Crippen LogP contribution in [0.25, 0.3) is 16.7 Å². The van der Waals surface area contributed by atoms with E-state index >= 15 is 0 Å². The zero-order valence-electron chi connectivity index (χ0n) is 21.5. The molecule has 2 aromatic carbocycles. The molecule has 4 rings (SSSR count). The molecule has 2 aliphatic carbocycles. The summed E-state index contributed by atoms with van der Waals surface area (Å²) in [5.74, 6) is 0.386. The van der Waals surface area contributed by atoms with Crippen LogP contribution in [0.15, 0.2) is 42.2 Å². The first-order chi connectivity index (χ1) is 14.5. The third-order valence-corrected chi connectivity index (χ3v) is 6.09. The second kappa shape index (κ2) is 16.2. The van der Waals surface area contributed by atoms with E-state index in [-0.39, 0.29) is 72.4 Å². The van der Waals surface area contributed by atoms with Crippen LogP contribution in [-0.4, -0.2) is 10.9 Å². The largest absolute Gasteiger partial charge is 0.519 e. The number of benzene rings is 2. The summed E-state index contributed by atoms with van der Waals surface area (Å²) in [6.07, 6.45) is 5.69. The summed E-state index contributed by atoms with van der Waals surface area (Å²) in [6.45, 7) is 12.1. The predicted molar refractivity (Wildman–Crippen MR) is 134 cm³/mol. The van der Waals surface area contributed by atoms with Gasteiger partial charge in [0.25, 0.3) is 0 Å². The molecule has 0 aliphatic heterocycles. The van der Waals surface area contributed by atoms with E-state index in [9.17, 15) is 9.90 Å². The Morgan fingerprint density at radius 3 is 1.97 bits per heavy atom. The Morgan fingerprint density at radius 2 is 1.42 bits per heavy atom. The molecule has 0 saturated heterocycles. The van der Waals surface area contributed by atoms with E-state index in [0.717, 1.165) is 47.9 Å². The van der Waals surface area contributed by atoms with Crippen molar-refractivity contribution in [3.05, 3.63) is 72.3 Å². The predicted octanol–water partition coefficient (Wildman–Crippen LogP) is 8.46. The van der Waals surface area contributed by atoms with E-state index in [1.54, 1.807) is 0 Å². The molecule has 0 heterocycles. The SMILES string of the molecule is CC.CC.Cc1ccc(-c2[c-]c(C3=C(O)C4(CCCCC4)CC3=O)ccc2C)cc1.[CH3-].[W].[Y]. The molecule has 33 heavy (non-hydrogen) atoms. The Labute approximate surface area is 242 Å². The Bertz CT molecular complexity index is 894. The molecule has 2 nitrogen and oxygen atoms in total. The van der Waals surface area contributed by atoms with E-state index < -0.39 is 0 Å². The number of hydrogen-bond donors (Lipinski definition) is 1. The van der Waals surface area contributed by atoms with Crippen molar-refractivity contribution in [3.63, 3.8) is 0 Å². The molecule has 2 aromatic rings. The fourth-order valence-corrected chi connectivity index (χ4v) is 4.53. The van der Waals surface area contributed by atoms with Gasteiger partial charge in [-0.05, 0) is 25.3 Å². The van der Waals surface area contributed by atoms with Crippen molar-refractivity contribution < 1.29 is 63.7 Å². The van der Waals surface area contributed by atoms with Crippen LogP contribution < -0.4 is 0 Å². The van der Waals surface area contributed by atoms with Crippen LogP contribution in [-0.2, 0) is 58.6 Å². The summed E-state index contributed by atoms with van der Waals surface area (Å²) in [5.41, 5.74) is 5.35. The van der Waals surface area contributed by atoms with E-state index in [1.165, 1.54) is 12.0 Å². The molecule has 1 spiro atoms. The average Bonchev–Trinajstić information content (AvgIpc) is 3.02. The van der Waals surface area contributed by atoms with Crippen LogP contribution in [0.1, 0.15) is 82.9 Å². The Kier molecular flexibility index (Phi) is 17.0. The number of aliphatic hydroxyl groups is 1. The molecule has 179 valence electrons. The number of ketones is 1. The number of carbonyl (C=O) groups is 1. The van der Waals surface area contributed by atoms with Gasteiger partial charge in [0.1, 0.15) is 5.78 Å². The smallest absolute Gasteiger partial charge is 0.135 e. The quantitative estimate of drug-likeness (QED) is 0.321. The van der Waals surface area contributed by atoms with Crippen LogP contribution in [0, 0.1) is 32.8 Å². The van der Waals surface area contributed by atoms with Gasteiger partial charge in [-0.1, -0.05) is 89.3 Å². The maximum Gasteiger partial charge on any atom is 0.135 e. The van der Waals surface area contributed by atoms with Gasteiger partial charge >= 0.3 is 0 Å². The second-order valence-corrected chi connectivity index (χ2v) is 7.96. The summed E-state index contributed by atoms with van der Waals surface area (Å²) >= 11 is 0. The number of hydrogen-bond acceptors (Lipinski definition) is 2. The maximum absolute atomic E-state index is 12.8. The molecule has 1 saturated carbocycles. The number of rotatable bonds is 2. The molecule has 1 fully saturated rings. The molecule has 0 aromatic heterocycles. The summed E-state index contributed by atoms with van der Waals surface area (Å²) in [4.78, 5) is 12.8. The van der Waals surface area contributed by atoms with Gasteiger partial charge in [-0.2, -0.15) is 0 Å². The summed E-state index contributed by atoms with van der Waals surface area (Å²) in [6, 6.07) is 15.7. The Morgan fingerprint density at radius 1 is 0.879 bits per heavy atom. The number of allylic oxidation sites excluding steroid dienone is 2. The molecule has 2 aliphatic rings. The Balaban J connectivity index is 0. The van der Waals surface area contributed by atoms with Crippen LogP contribution in [0.3, 0.4) is 0 Å². The first-order valence-corrected chi connectivity index (χ1v) is 11.6. The number of Topliss-reactive ketones (excluding diaryl/α,β-unsaturated/α-hetero) is 1. The van der Waals surface area contributed by atoms with Crippen LogP contribution in [0.4, 0.5) is 0 Å². The molecule has 4 heteroatoms. The van der Waals surface area contributed by atoms with Crippen molar-refractivity contribution in [2.24, 2.45) is 5.41 Å². The van der Waals surface area contributed by atoms with Crippen molar-refractivity contribution in [2.45, 2.75) is 80.1 Å². The minimum absolute atomic E-state index is 0. The van der Waals surface area contributed by atoms with E-state index in [1.807, 2.05) is 39.8 Å². The number of aryl methyl sites for hydroxylation is 2. The molecule has 1 radical (unpaired) electrons. The molecule has 0 unspecified atom stereocenters. The first-order valence-electron chi connectivity index (χ1n) is 11.6. The average molecular weight is 693 g/mol. The third-order valence-electron chi connectivity index (χ3n) is 6.09. The Hall–Kier alpha value is -0.558.